The molecule has 106 valence electrons. The maximum Gasteiger partial charge on any atom is 0.407 e. The van der Waals surface area contributed by atoms with Gasteiger partial charge in [-0.15, -0.1) is 0 Å². The number of carbonyl (C=O) groups is 2. The molecule has 1 amide bonds. The van der Waals surface area contributed by atoms with Crippen molar-refractivity contribution in [2.45, 2.75) is 32.8 Å². The number of alkyl carbamates (subject to hydrolysis) is 1. The van der Waals surface area contributed by atoms with E-state index < -0.39 is 11.7 Å². The zero-order valence-electron chi connectivity index (χ0n) is 11.4. The fourth-order valence-electron chi connectivity index (χ4n) is 0.993. The first-order chi connectivity index (χ1) is 8.45. The molecule has 0 rings (SSSR count). The van der Waals surface area contributed by atoms with E-state index in [0.29, 0.717) is 39.4 Å². The molecule has 0 heterocycles. The molecule has 0 radical (unpaired) electrons. The van der Waals surface area contributed by atoms with Crippen LogP contribution in [0.3, 0.4) is 0 Å². The minimum atomic E-state index is -0.489. The zero-order valence-corrected chi connectivity index (χ0v) is 11.4. The third-order valence-corrected chi connectivity index (χ3v) is 1.67. The lowest BCUT2D eigenvalue weighted by Crippen LogP contribution is -2.34. The second-order valence-corrected chi connectivity index (χ2v) is 4.61. The van der Waals surface area contributed by atoms with E-state index in [4.69, 9.17) is 14.2 Å². The lowest BCUT2D eigenvalue weighted by atomic mass is 10.2. The Morgan fingerprint density at radius 2 is 1.72 bits per heavy atom. The van der Waals surface area contributed by atoms with Gasteiger partial charge in [0.15, 0.2) is 0 Å². The lowest BCUT2D eigenvalue weighted by molar-refractivity contribution is -0.108. The van der Waals surface area contributed by atoms with Crippen molar-refractivity contribution in [3.8, 4) is 0 Å². The average molecular weight is 261 g/mol. The van der Waals surface area contributed by atoms with E-state index in [0.717, 1.165) is 6.29 Å². The van der Waals surface area contributed by atoms with E-state index in [9.17, 15) is 9.59 Å². The number of ether oxygens (including phenoxy) is 3. The zero-order chi connectivity index (χ0) is 13.9. The summed E-state index contributed by atoms with van der Waals surface area (Å²) >= 11 is 0. The summed E-state index contributed by atoms with van der Waals surface area (Å²) in [5.74, 6) is 0. The molecular weight excluding hydrogens is 238 g/mol. The highest BCUT2D eigenvalue weighted by Gasteiger charge is 2.15. The highest BCUT2D eigenvalue weighted by molar-refractivity contribution is 5.67. The van der Waals surface area contributed by atoms with Gasteiger partial charge in [0.2, 0.25) is 0 Å². The predicted molar refractivity (Wildman–Crippen MR) is 66.6 cm³/mol. The van der Waals surface area contributed by atoms with Crippen molar-refractivity contribution in [2.24, 2.45) is 0 Å². The molecule has 6 nitrogen and oxygen atoms in total. The Bertz CT molecular complexity index is 237. The van der Waals surface area contributed by atoms with Gasteiger partial charge in [-0.05, 0) is 20.8 Å². The molecule has 18 heavy (non-hydrogen) atoms. The van der Waals surface area contributed by atoms with Crippen LogP contribution in [0.15, 0.2) is 0 Å². The molecular formula is C12H23NO5. The standard InChI is InChI=1S/C12H23NO5/c1-12(2,3)18-11(15)13-5-8-17-10-9-16-7-4-6-14/h6H,4-5,7-10H2,1-3H3,(H,13,15). The third-order valence-electron chi connectivity index (χ3n) is 1.67. The number of hydrogen-bond acceptors (Lipinski definition) is 5. The van der Waals surface area contributed by atoms with Crippen LogP contribution in [0.4, 0.5) is 4.79 Å². The van der Waals surface area contributed by atoms with Crippen molar-refractivity contribution in [1.82, 2.24) is 5.32 Å². The molecule has 0 aliphatic carbocycles. The van der Waals surface area contributed by atoms with Gasteiger partial charge in [-0.1, -0.05) is 0 Å². The normalized spacial score (nSPS) is 11.1. The van der Waals surface area contributed by atoms with Crippen molar-refractivity contribution in [1.29, 1.82) is 0 Å². The average Bonchev–Trinajstić information content (AvgIpc) is 2.24. The minimum Gasteiger partial charge on any atom is -0.444 e. The molecule has 0 unspecified atom stereocenters. The van der Waals surface area contributed by atoms with E-state index in [1.807, 2.05) is 0 Å². The molecule has 1 N–H and O–H groups in total. The molecule has 0 fully saturated rings. The van der Waals surface area contributed by atoms with E-state index in [-0.39, 0.29) is 0 Å². The van der Waals surface area contributed by atoms with Gasteiger partial charge in [0.05, 0.1) is 26.4 Å². The summed E-state index contributed by atoms with van der Waals surface area (Å²) < 4.78 is 15.4. The first-order valence-corrected chi connectivity index (χ1v) is 6.01. The SMILES string of the molecule is CC(C)(C)OC(=O)NCCOCCOCCC=O. The first-order valence-electron chi connectivity index (χ1n) is 6.01. The van der Waals surface area contributed by atoms with Crippen LogP contribution < -0.4 is 5.32 Å². The fraction of sp³-hybridized carbons (Fsp3) is 0.833. The van der Waals surface area contributed by atoms with Gasteiger partial charge >= 0.3 is 6.09 Å². The van der Waals surface area contributed by atoms with Gasteiger partial charge in [0.1, 0.15) is 11.9 Å². The van der Waals surface area contributed by atoms with Gasteiger partial charge in [-0.25, -0.2) is 4.79 Å². The molecule has 0 bridgehead atoms. The number of carbonyl (C=O) groups excluding carboxylic acids is 2. The molecule has 0 aromatic carbocycles. The van der Waals surface area contributed by atoms with Crippen LogP contribution in [0.5, 0.6) is 0 Å². The molecule has 0 atom stereocenters. The summed E-state index contributed by atoms with van der Waals surface area (Å²) in [5.41, 5.74) is -0.489. The van der Waals surface area contributed by atoms with Crippen molar-refractivity contribution in [3.05, 3.63) is 0 Å². The molecule has 0 aromatic heterocycles. The molecule has 0 saturated carbocycles. The Balaban J connectivity index is 3.25. The minimum absolute atomic E-state index is 0.392. The molecule has 6 heteroatoms. The number of amides is 1. The monoisotopic (exact) mass is 261 g/mol. The van der Waals surface area contributed by atoms with E-state index in [1.165, 1.54) is 0 Å². The predicted octanol–water partition coefficient (Wildman–Crippen LogP) is 1.13. The van der Waals surface area contributed by atoms with Crippen LogP contribution in [0, 0.1) is 0 Å². The summed E-state index contributed by atoms with van der Waals surface area (Å²) in [6.45, 7) is 7.51. The Morgan fingerprint density at radius 1 is 1.11 bits per heavy atom. The van der Waals surface area contributed by atoms with Gasteiger partial charge in [0.25, 0.3) is 0 Å². The second-order valence-electron chi connectivity index (χ2n) is 4.61. The Hall–Kier alpha value is -1.14. The lowest BCUT2D eigenvalue weighted by Gasteiger charge is -2.19. The van der Waals surface area contributed by atoms with Crippen LogP contribution in [0.25, 0.3) is 0 Å². The smallest absolute Gasteiger partial charge is 0.407 e. The fourth-order valence-corrected chi connectivity index (χ4v) is 0.993. The number of aldehydes is 1. The number of rotatable bonds is 9. The van der Waals surface area contributed by atoms with Crippen LogP contribution in [-0.4, -0.2) is 51.0 Å². The van der Waals surface area contributed by atoms with E-state index in [2.05, 4.69) is 5.32 Å². The van der Waals surface area contributed by atoms with Crippen LogP contribution in [0.1, 0.15) is 27.2 Å². The molecule has 0 aromatic rings. The quantitative estimate of drug-likeness (QED) is 0.497. The number of hydrogen-bond donors (Lipinski definition) is 1. The van der Waals surface area contributed by atoms with Crippen molar-refractivity contribution >= 4 is 12.4 Å². The summed E-state index contributed by atoms with van der Waals surface area (Å²) in [6, 6.07) is 0. The molecule has 0 aliphatic rings. The van der Waals surface area contributed by atoms with E-state index >= 15 is 0 Å². The second kappa shape index (κ2) is 9.85. The maximum atomic E-state index is 11.2. The number of nitrogens with one attached hydrogen (secondary N) is 1. The Morgan fingerprint density at radius 3 is 2.28 bits per heavy atom. The summed E-state index contributed by atoms with van der Waals surface area (Å²) in [5, 5.41) is 2.58. The maximum absolute atomic E-state index is 11.2. The molecule has 0 saturated heterocycles. The van der Waals surface area contributed by atoms with Gasteiger partial charge < -0.3 is 24.3 Å². The summed E-state index contributed by atoms with van der Waals surface area (Å²) in [6.07, 6.45) is 0.763. The van der Waals surface area contributed by atoms with Crippen LogP contribution >= 0.6 is 0 Å². The largest absolute Gasteiger partial charge is 0.444 e. The van der Waals surface area contributed by atoms with E-state index in [1.54, 1.807) is 20.8 Å². The Kier molecular flexibility index (Phi) is 9.22. The third kappa shape index (κ3) is 12.9. The van der Waals surface area contributed by atoms with Gasteiger partial charge in [-0.2, -0.15) is 0 Å². The highest BCUT2D eigenvalue weighted by atomic mass is 16.6. The topological polar surface area (TPSA) is 73.9 Å². The molecule has 0 spiro atoms. The van der Waals surface area contributed by atoms with Crippen LogP contribution in [-0.2, 0) is 19.0 Å². The summed E-state index contributed by atoms with van der Waals surface area (Å²) in [7, 11) is 0. The van der Waals surface area contributed by atoms with Crippen molar-refractivity contribution in [2.75, 3.05) is 33.0 Å². The van der Waals surface area contributed by atoms with Crippen molar-refractivity contribution in [3.63, 3.8) is 0 Å². The highest BCUT2D eigenvalue weighted by Crippen LogP contribution is 2.05. The van der Waals surface area contributed by atoms with Gasteiger partial charge in [0, 0.05) is 13.0 Å². The van der Waals surface area contributed by atoms with Crippen LogP contribution in [0.2, 0.25) is 0 Å². The summed E-state index contributed by atoms with van der Waals surface area (Å²) in [4.78, 5) is 21.2. The van der Waals surface area contributed by atoms with Crippen molar-refractivity contribution < 1.29 is 23.8 Å². The Labute approximate surface area is 108 Å². The molecule has 0 aliphatic heterocycles. The van der Waals surface area contributed by atoms with Gasteiger partial charge in [-0.3, -0.25) is 0 Å². The first kappa shape index (κ1) is 16.9.